The molecule has 3 aromatic rings. The number of aromatic nitrogens is 2. The van der Waals surface area contributed by atoms with E-state index in [1.807, 2.05) is 69.4 Å². The zero-order valence-corrected chi connectivity index (χ0v) is 15.1. The molecule has 0 radical (unpaired) electrons. The van der Waals surface area contributed by atoms with Crippen LogP contribution in [-0.4, -0.2) is 15.7 Å². The summed E-state index contributed by atoms with van der Waals surface area (Å²) in [4.78, 5) is 12.2. The molecule has 5 heteroatoms. The van der Waals surface area contributed by atoms with Gasteiger partial charge in [0.1, 0.15) is 11.5 Å². The van der Waals surface area contributed by atoms with Gasteiger partial charge in [-0.25, -0.2) is 0 Å². The van der Waals surface area contributed by atoms with E-state index in [4.69, 9.17) is 4.74 Å². The lowest BCUT2D eigenvalue weighted by atomic mass is 10.2. The molecule has 2 aromatic carbocycles. The van der Waals surface area contributed by atoms with E-state index in [1.165, 1.54) is 6.08 Å². The smallest absolute Gasteiger partial charge is 0.248 e. The molecule has 0 fully saturated rings. The Morgan fingerprint density at radius 2 is 1.81 bits per heavy atom. The topological polar surface area (TPSA) is 56.2 Å². The van der Waals surface area contributed by atoms with Gasteiger partial charge in [-0.15, -0.1) is 0 Å². The van der Waals surface area contributed by atoms with Crippen LogP contribution in [0.15, 0.2) is 60.7 Å². The first-order valence-electron chi connectivity index (χ1n) is 8.35. The molecule has 0 unspecified atom stereocenters. The number of carbonyl (C=O) groups excluding carboxylic acids is 1. The van der Waals surface area contributed by atoms with Crippen LogP contribution in [-0.2, 0) is 11.8 Å². The predicted octanol–water partition coefficient (Wildman–Crippen LogP) is 4.48. The Morgan fingerprint density at radius 1 is 1.08 bits per heavy atom. The SMILES string of the molecule is Cc1nn(C)c(C)c1/C=C\C(=O)Nc1cccc(Oc2ccccc2)c1. The quantitative estimate of drug-likeness (QED) is 0.692. The van der Waals surface area contributed by atoms with Crippen molar-refractivity contribution >= 4 is 17.7 Å². The highest BCUT2D eigenvalue weighted by molar-refractivity contribution is 6.02. The summed E-state index contributed by atoms with van der Waals surface area (Å²) >= 11 is 0. The molecule has 0 bridgehead atoms. The third-order valence-electron chi connectivity index (χ3n) is 4.05. The van der Waals surface area contributed by atoms with Gasteiger partial charge in [0.25, 0.3) is 0 Å². The molecule has 0 saturated heterocycles. The number of hydrogen-bond donors (Lipinski definition) is 1. The number of anilines is 1. The number of hydrogen-bond acceptors (Lipinski definition) is 3. The zero-order chi connectivity index (χ0) is 18.5. The molecule has 0 atom stereocenters. The third kappa shape index (κ3) is 4.19. The molecule has 132 valence electrons. The van der Waals surface area contributed by atoms with Gasteiger partial charge in [-0.2, -0.15) is 5.10 Å². The molecule has 1 aromatic heterocycles. The fraction of sp³-hybridized carbons (Fsp3) is 0.143. The summed E-state index contributed by atoms with van der Waals surface area (Å²) in [5, 5.41) is 7.19. The molecular weight excluding hydrogens is 326 g/mol. The van der Waals surface area contributed by atoms with Crippen LogP contribution in [0.1, 0.15) is 17.0 Å². The Hall–Kier alpha value is -3.34. The van der Waals surface area contributed by atoms with E-state index >= 15 is 0 Å². The number of amides is 1. The van der Waals surface area contributed by atoms with Gasteiger partial charge in [0.2, 0.25) is 5.91 Å². The third-order valence-corrected chi connectivity index (χ3v) is 4.05. The minimum absolute atomic E-state index is 0.204. The Labute approximate surface area is 152 Å². The van der Waals surface area contributed by atoms with E-state index in [2.05, 4.69) is 10.4 Å². The van der Waals surface area contributed by atoms with E-state index in [-0.39, 0.29) is 5.91 Å². The van der Waals surface area contributed by atoms with Crippen LogP contribution >= 0.6 is 0 Å². The molecule has 5 nitrogen and oxygen atoms in total. The number of carbonyl (C=O) groups is 1. The molecule has 1 N–H and O–H groups in total. The minimum atomic E-state index is -0.204. The number of para-hydroxylation sites is 1. The number of ether oxygens (including phenoxy) is 1. The van der Waals surface area contributed by atoms with Crippen LogP contribution in [0.3, 0.4) is 0 Å². The highest BCUT2D eigenvalue weighted by atomic mass is 16.5. The molecule has 0 aliphatic rings. The molecule has 0 aliphatic carbocycles. The first-order chi connectivity index (χ1) is 12.5. The largest absolute Gasteiger partial charge is 0.457 e. The Balaban J connectivity index is 1.68. The highest BCUT2D eigenvalue weighted by Crippen LogP contribution is 2.24. The van der Waals surface area contributed by atoms with Gasteiger partial charge in [0.05, 0.1) is 5.69 Å². The number of benzene rings is 2. The fourth-order valence-electron chi connectivity index (χ4n) is 2.64. The summed E-state index contributed by atoms with van der Waals surface area (Å²) in [7, 11) is 1.89. The van der Waals surface area contributed by atoms with Crippen LogP contribution in [0.25, 0.3) is 6.08 Å². The zero-order valence-electron chi connectivity index (χ0n) is 15.1. The normalized spacial score (nSPS) is 10.9. The fourth-order valence-corrected chi connectivity index (χ4v) is 2.64. The monoisotopic (exact) mass is 347 g/mol. The maximum atomic E-state index is 12.2. The van der Waals surface area contributed by atoms with Gasteiger partial charge >= 0.3 is 0 Å². The van der Waals surface area contributed by atoms with Crippen molar-refractivity contribution in [1.82, 2.24) is 9.78 Å². The first kappa shape index (κ1) is 17.5. The van der Waals surface area contributed by atoms with Crippen LogP contribution in [0.2, 0.25) is 0 Å². The Bertz CT molecular complexity index is 943. The Kier molecular flexibility index (Phi) is 5.17. The second-order valence-corrected chi connectivity index (χ2v) is 5.97. The van der Waals surface area contributed by atoms with Crippen LogP contribution < -0.4 is 10.1 Å². The summed E-state index contributed by atoms with van der Waals surface area (Å²) in [5.74, 6) is 1.21. The van der Waals surface area contributed by atoms with E-state index < -0.39 is 0 Å². The average Bonchev–Trinajstić information content (AvgIpc) is 2.86. The van der Waals surface area contributed by atoms with E-state index in [1.54, 1.807) is 16.8 Å². The maximum absolute atomic E-state index is 12.2. The van der Waals surface area contributed by atoms with E-state index in [9.17, 15) is 4.79 Å². The lowest BCUT2D eigenvalue weighted by molar-refractivity contribution is -0.111. The second-order valence-electron chi connectivity index (χ2n) is 5.97. The van der Waals surface area contributed by atoms with Gasteiger partial charge in [-0.3, -0.25) is 9.48 Å². The summed E-state index contributed by atoms with van der Waals surface area (Å²) < 4.78 is 7.59. The van der Waals surface area contributed by atoms with Crippen molar-refractivity contribution in [3.63, 3.8) is 0 Å². The maximum Gasteiger partial charge on any atom is 0.248 e. The predicted molar refractivity (Wildman–Crippen MR) is 103 cm³/mol. The number of nitrogens with zero attached hydrogens (tertiary/aromatic N) is 2. The first-order valence-corrected chi connectivity index (χ1v) is 8.35. The standard InChI is InChI=1S/C21H21N3O2/c1-15-20(16(2)24(3)23-15)12-13-21(25)22-17-8-7-11-19(14-17)26-18-9-5-4-6-10-18/h4-14H,1-3H3,(H,22,25)/b13-12-. The molecule has 26 heavy (non-hydrogen) atoms. The van der Waals surface area contributed by atoms with Gasteiger partial charge in [0, 0.05) is 36.1 Å². The summed E-state index contributed by atoms with van der Waals surface area (Å²) in [6, 6.07) is 16.8. The number of nitrogens with one attached hydrogen (secondary N) is 1. The molecule has 3 rings (SSSR count). The highest BCUT2D eigenvalue weighted by Gasteiger charge is 2.07. The lowest BCUT2D eigenvalue weighted by Crippen LogP contribution is -2.07. The van der Waals surface area contributed by atoms with Crippen molar-refractivity contribution in [3.8, 4) is 11.5 Å². The van der Waals surface area contributed by atoms with Crippen molar-refractivity contribution in [2.24, 2.45) is 7.05 Å². The van der Waals surface area contributed by atoms with Gasteiger partial charge in [0.15, 0.2) is 0 Å². The van der Waals surface area contributed by atoms with Crippen LogP contribution in [0.5, 0.6) is 11.5 Å². The van der Waals surface area contributed by atoms with Gasteiger partial charge in [-0.05, 0) is 44.2 Å². The summed E-state index contributed by atoms with van der Waals surface area (Å²) in [6.45, 7) is 3.90. The van der Waals surface area contributed by atoms with Crippen molar-refractivity contribution in [2.75, 3.05) is 5.32 Å². The molecule has 0 spiro atoms. The Morgan fingerprint density at radius 3 is 2.50 bits per heavy atom. The van der Waals surface area contributed by atoms with E-state index in [0.717, 1.165) is 22.7 Å². The van der Waals surface area contributed by atoms with Gasteiger partial charge < -0.3 is 10.1 Å². The average molecular weight is 347 g/mol. The number of rotatable bonds is 5. The molecule has 0 saturated carbocycles. The van der Waals surface area contributed by atoms with Crippen molar-refractivity contribution in [2.45, 2.75) is 13.8 Å². The molecule has 0 aliphatic heterocycles. The summed E-state index contributed by atoms with van der Waals surface area (Å²) in [5.41, 5.74) is 3.55. The summed E-state index contributed by atoms with van der Waals surface area (Å²) in [6.07, 6.45) is 3.30. The van der Waals surface area contributed by atoms with Crippen molar-refractivity contribution < 1.29 is 9.53 Å². The number of aryl methyl sites for hydroxylation is 2. The van der Waals surface area contributed by atoms with Crippen molar-refractivity contribution in [3.05, 3.63) is 77.6 Å². The second kappa shape index (κ2) is 7.70. The van der Waals surface area contributed by atoms with Crippen LogP contribution in [0, 0.1) is 13.8 Å². The molecule has 1 heterocycles. The van der Waals surface area contributed by atoms with E-state index in [0.29, 0.717) is 11.4 Å². The van der Waals surface area contributed by atoms with Gasteiger partial charge in [-0.1, -0.05) is 24.3 Å². The molecule has 1 amide bonds. The van der Waals surface area contributed by atoms with Crippen molar-refractivity contribution in [1.29, 1.82) is 0 Å². The molecular formula is C21H21N3O2. The lowest BCUT2D eigenvalue weighted by Gasteiger charge is -2.08. The van der Waals surface area contributed by atoms with Crippen LogP contribution in [0.4, 0.5) is 5.69 Å². The minimum Gasteiger partial charge on any atom is -0.457 e.